The van der Waals surface area contributed by atoms with E-state index >= 15 is 0 Å². The van der Waals surface area contributed by atoms with E-state index in [4.69, 9.17) is 0 Å². The number of likely N-dealkylation sites (tertiary alicyclic amines) is 1. The quantitative estimate of drug-likeness (QED) is 0.914. The summed E-state index contributed by atoms with van der Waals surface area (Å²) >= 11 is 0. The molecule has 1 N–H and O–H groups in total. The van der Waals surface area contributed by atoms with Gasteiger partial charge in [0.15, 0.2) is 0 Å². The molecule has 2 amide bonds. The van der Waals surface area contributed by atoms with Crippen molar-refractivity contribution < 1.29 is 9.59 Å². The van der Waals surface area contributed by atoms with Gasteiger partial charge in [-0.2, -0.15) is 0 Å². The smallest absolute Gasteiger partial charge is 0.244 e. The Bertz CT molecular complexity index is 731. The third kappa shape index (κ3) is 3.55. The number of rotatable bonds is 4. The van der Waals surface area contributed by atoms with Crippen LogP contribution in [0.1, 0.15) is 26.7 Å². The van der Waals surface area contributed by atoms with Crippen molar-refractivity contribution in [2.75, 3.05) is 13.1 Å². The molecule has 1 saturated heterocycles. The van der Waals surface area contributed by atoms with Crippen molar-refractivity contribution in [1.29, 1.82) is 0 Å². The number of fused-ring (bicyclic) bond motifs is 1. The van der Waals surface area contributed by atoms with Gasteiger partial charge in [0.1, 0.15) is 12.1 Å². The third-order valence-corrected chi connectivity index (χ3v) is 4.42. The van der Waals surface area contributed by atoms with Crippen LogP contribution in [0.2, 0.25) is 0 Å². The second-order valence-corrected chi connectivity index (χ2v) is 6.55. The summed E-state index contributed by atoms with van der Waals surface area (Å²) in [7, 11) is 0. The monoisotopic (exact) mass is 329 g/mol. The first-order valence-electron chi connectivity index (χ1n) is 8.41. The topological polar surface area (TPSA) is 80.1 Å². The highest BCUT2D eigenvalue weighted by molar-refractivity contribution is 5.80. The zero-order valence-electron chi connectivity index (χ0n) is 14.1. The van der Waals surface area contributed by atoms with Gasteiger partial charge in [0.25, 0.3) is 0 Å². The number of hydrogen-bond acceptors (Lipinski definition) is 4. The van der Waals surface area contributed by atoms with Gasteiger partial charge in [0.2, 0.25) is 11.8 Å². The molecule has 2 heterocycles. The number of nitrogens with zero attached hydrogens (tertiary/aromatic N) is 4. The maximum Gasteiger partial charge on any atom is 0.244 e. The van der Waals surface area contributed by atoms with Crippen LogP contribution in [-0.2, 0) is 16.1 Å². The number of carbonyl (C=O) groups excluding carboxylic acids is 2. The van der Waals surface area contributed by atoms with E-state index in [9.17, 15) is 9.59 Å². The molecule has 24 heavy (non-hydrogen) atoms. The van der Waals surface area contributed by atoms with Crippen molar-refractivity contribution in [2.24, 2.45) is 5.92 Å². The summed E-state index contributed by atoms with van der Waals surface area (Å²) in [4.78, 5) is 26.1. The van der Waals surface area contributed by atoms with Gasteiger partial charge in [-0.1, -0.05) is 31.2 Å². The van der Waals surface area contributed by atoms with Crippen LogP contribution in [0.5, 0.6) is 0 Å². The van der Waals surface area contributed by atoms with Crippen LogP contribution in [0, 0.1) is 5.92 Å². The van der Waals surface area contributed by atoms with Crippen molar-refractivity contribution >= 4 is 22.8 Å². The van der Waals surface area contributed by atoms with Crippen LogP contribution in [0.3, 0.4) is 0 Å². The minimum Gasteiger partial charge on any atom is -0.353 e. The zero-order chi connectivity index (χ0) is 17.1. The molecule has 0 aliphatic carbocycles. The number of piperidine rings is 1. The lowest BCUT2D eigenvalue weighted by molar-refractivity contribution is -0.133. The fraction of sp³-hybridized carbons (Fsp3) is 0.529. The summed E-state index contributed by atoms with van der Waals surface area (Å²) in [5.74, 6) is 0.110. The van der Waals surface area contributed by atoms with E-state index in [0.29, 0.717) is 13.1 Å². The van der Waals surface area contributed by atoms with Crippen molar-refractivity contribution in [3.8, 4) is 0 Å². The van der Waals surface area contributed by atoms with Gasteiger partial charge in [-0.15, -0.1) is 5.10 Å². The Labute approximate surface area is 141 Å². The third-order valence-electron chi connectivity index (χ3n) is 4.42. The molecule has 0 saturated carbocycles. The summed E-state index contributed by atoms with van der Waals surface area (Å²) in [6.07, 6.45) is 1.59. The molecule has 3 rings (SSSR count). The molecular weight excluding hydrogens is 306 g/mol. The summed E-state index contributed by atoms with van der Waals surface area (Å²) < 4.78 is 1.64. The van der Waals surface area contributed by atoms with E-state index in [1.165, 1.54) is 0 Å². The molecule has 1 aromatic carbocycles. The van der Waals surface area contributed by atoms with Crippen molar-refractivity contribution in [3.63, 3.8) is 0 Å². The van der Waals surface area contributed by atoms with Crippen LogP contribution in [0.25, 0.3) is 11.0 Å². The minimum atomic E-state index is -0.00902. The zero-order valence-corrected chi connectivity index (χ0v) is 14.1. The van der Waals surface area contributed by atoms with E-state index in [-0.39, 0.29) is 30.3 Å². The molecule has 1 aliphatic heterocycles. The fourth-order valence-electron chi connectivity index (χ4n) is 2.90. The maximum atomic E-state index is 12.5. The first-order valence-corrected chi connectivity index (χ1v) is 8.41. The van der Waals surface area contributed by atoms with Crippen molar-refractivity contribution in [1.82, 2.24) is 25.2 Å². The van der Waals surface area contributed by atoms with Gasteiger partial charge >= 0.3 is 0 Å². The summed E-state index contributed by atoms with van der Waals surface area (Å²) in [6, 6.07) is 7.77. The molecule has 7 nitrogen and oxygen atoms in total. The highest BCUT2D eigenvalue weighted by Crippen LogP contribution is 2.14. The van der Waals surface area contributed by atoms with Crippen LogP contribution in [-0.4, -0.2) is 50.8 Å². The number of aromatic nitrogens is 3. The molecule has 0 radical (unpaired) electrons. The Balaban J connectivity index is 1.55. The summed E-state index contributed by atoms with van der Waals surface area (Å²) in [5, 5.41) is 11.2. The SMILES string of the molecule is CC(C)C(=O)NC1CCN(C(=O)Cn2nnc3ccccc32)CC1. The number of para-hydroxylation sites is 1. The number of carbonyl (C=O) groups is 2. The molecule has 0 unspecified atom stereocenters. The van der Waals surface area contributed by atoms with Gasteiger partial charge in [0, 0.05) is 25.0 Å². The van der Waals surface area contributed by atoms with Crippen molar-refractivity contribution in [3.05, 3.63) is 24.3 Å². The van der Waals surface area contributed by atoms with Gasteiger partial charge in [-0.25, -0.2) is 4.68 Å². The lowest BCUT2D eigenvalue weighted by atomic mass is 10.0. The molecule has 7 heteroatoms. The molecule has 2 aromatic rings. The maximum absolute atomic E-state index is 12.5. The molecule has 1 fully saturated rings. The Morgan fingerprint density at radius 1 is 1.25 bits per heavy atom. The van der Waals surface area contributed by atoms with Crippen LogP contribution in [0.15, 0.2) is 24.3 Å². The van der Waals surface area contributed by atoms with Crippen LogP contribution in [0.4, 0.5) is 0 Å². The average Bonchev–Trinajstić information content (AvgIpc) is 2.98. The summed E-state index contributed by atoms with van der Waals surface area (Å²) in [5.41, 5.74) is 1.66. The predicted octanol–water partition coefficient (Wildman–Crippen LogP) is 1.19. The fourth-order valence-corrected chi connectivity index (χ4v) is 2.90. The number of amides is 2. The lowest BCUT2D eigenvalue weighted by Crippen LogP contribution is -2.48. The molecule has 1 aromatic heterocycles. The predicted molar refractivity (Wildman–Crippen MR) is 90.1 cm³/mol. The lowest BCUT2D eigenvalue weighted by Gasteiger charge is -2.32. The Morgan fingerprint density at radius 3 is 2.67 bits per heavy atom. The highest BCUT2D eigenvalue weighted by atomic mass is 16.2. The highest BCUT2D eigenvalue weighted by Gasteiger charge is 2.25. The molecule has 0 bridgehead atoms. The molecule has 0 spiro atoms. The minimum absolute atomic E-state index is 0.00902. The molecule has 1 aliphatic rings. The Morgan fingerprint density at radius 2 is 1.96 bits per heavy atom. The standard InChI is InChI=1S/C17H23N5O2/c1-12(2)17(24)18-13-7-9-21(10-8-13)16(23)11-22-15-6-4-3-5-14(15)19-20-22/h3-6,12-13H,7-11H2,1-2H3,(H,18,24). The van der Waals surface area contributed by atoms with E-state index in [0.717, 1.165) is 23.9 Å². The molecule has 128 valence electrons. The number of nitrogens with one attached hydrogen (secondary N) is 1. The Hall–Kier alpha value is -2.44. The molecule has 0 atom stereocenters. The van der Waals surface area contributed by atoms with Gasteiger partial charge in [-0.05, 0) is 25.0 Å². The number of hydrogen-bond donors (Lipinski definition) is 1. The second kappa shape index (κ2) is 6.98. The second-order valence-electron chi connectivity index (χ2n) is 6.55. The van der Waals surface area contributed by atoms with Gasteiger partial charge in [-0.3, -0.25) is 9.59 Å². The van der Waals surface area contributed by atoms with E-state index < -0.39 is 0 Å². The average molecular weight is 329 g/mol. The van der Waals surface area contributed by atoms with E-state index in [1.807, 2.05) is 43.0 Å². The number of benzene rings is 1. The van der Waals surface area contributed by atoms with E-state index in [2.05, 4.69) is 15.6 Å². The van der Waals surface area contributed by atoms with Crippen LogP contribution >= 0.6 is 0 Å². The normalized spacial score (nSPS) is 15.9. The largest absolute Gasteiger partial charge is 0.353 e. The first kappa shape index (κ1) is 16.4. The van der Waals surface area contributed by atoms with E-state index in [1.54, 1.807) is 4.68 Å². The van der Waals surface area contributed by atoms with Gasteiger partial charge < -0.3 is 10.2 Å². The molecular formula is C17H23N5O2. The first-order chi connectivity index (χ1) is 11.5. The van der Waals surface area contributed by atoms with Crippen LogP contribution < -0.4 is 5.32 Å². The Kier molecular flexibility index (Phi) is 4.78. The van der Waals surface area contributed by atoms with Gasteiger partial charge in [0.05, 0.1) is 5.52 Å². The van der Waals surface area contributed by atoms with Crippen molar-refractivity contribution in [2.45, 2.75) is 39.3 Å². The summed E-state index contributed by atoms with van der Waals surface area (Å²) in [6.45, 7) is 5.29.